The lowest BCUT2D eigenvalue weighted by molar-refractivity contribution is -0.123. The van der Waals surface area contributed by atoms with Gasteiger partial charge in [-0.25, -0.2) is 4.68 Å². The maximum Gasteiger partial charge on any atom is 0.267 e. The molecule has 0 fully saturated rings. The summed E-state index contributed by atoms with van der Waals surface area (Å²) in [5.74, 6) is 0.694. The number of ether oxygens (including phenoxy) is 2. The molecule has 0 saturated carbocycles. The third kappa shape index (κ3) is 3.92. The predicted molar refractivity (Wildman–Crippen MR) is 114 cm³/mol. The van der Waals surface area contributed by atoms with E-state index in [1.165, 1.54) is 13.0 Å². The summed E-state index contributed by atoms with van der Waals surface area (Å²) >= 11 is 0. The van der Waals surface area contributed by atoms with Gasteiger partial charge in [0.1, 0.15) is 5.54 Å². The summed E-state index contributed by atoms with van der Waals surface area (Å²) < 4.78 is 11.9. The van der Waals surface area contributed by atoms with E-state index in [-0.39, 0.29) is 12.6 Å². The van der Waals surface area contributed by atoms with Crippen molar-refractivity contribution in [1.82, 2.24) is 9.78 Å². The Labute approximate surface area is 178 Å². The summed E-state index contributed by atoms with van der Waals surface area (Å²) in [7, 11) is 0. The highest BCUT2D eigenvalue weighted by atomic mass is 16.7. The SMILES string of the molecule is CC(=O)c1cccc(NC(=O)C(C)(C)n2nc(-c3ccc4c(c3)OCO4)ccc2=O)c1. The molecule has 0 radical (unpaired) electrons. The Morgan fingerprint density at radius 3 is 2.58 bits per heavy atom. The fraction of sp³-hybridized carbons (Fsp3) is 0.217. The number of carbonyl (C=O) groups is 2. The summed E-state index contributed by atoms with van der Waals surface area (Å²) in [4.78, 5) is 37.2. The van der Waals surface area contributed by atoms with Crippen LogP contribution in [-0.4, -0.2) is 28.3 Å². The lowest BCUT2D eigenvalue weighted by atomic mass is 10.0. The number of hydrogen-bond donors (Lipinski definition) is 1. The molecular weight excluding hydrogens is 398 g/mol. The molecular formula is C23H21N3O5. The van der Waals surface area contributed by atoms with Gasteiger partial charge in [0.05, 0.1) is 5.69 Å². The second-order valence-electron chi connectivity index (χ2n) is 7.69. The van der Waals surface area contributed by atoms with Crippen molar-refractivity contribution in [3.8, 4) is 22.8 Å². The Balaban J connectivity index is 1.65. The highest BCUT2D eigenvalue weighted by Gasteiger charge is 2.32. The number of amides is 1. The molecule has 1 aliphatic rings. The van der Waals surface area contributed by atoms with Crippen LogP contribution in [0.5, 0.6) is 11.5 Å². The van der Waals surface area contributed by atoms with E-state index in [2.05, 4.69) is 10.4 Å². The highest BCUT2D eigenvalue weighted by Crippen LogP contribution is 2.35. The molecule has 0 unspecified atom stereocenters. The number of fused-ring (bicyclic) bond motifs is 1. The van der Waals surface area contributed by atoms with Gasteiger partial charge in [-0.15, -0.1) is 0 Å². The molecule has 0 aliphatic carbocycles. The Bertz CT molecular complexity index is 1250. The third-order valence-corrected chi connectivity index (χ3v) is 5.08. The van der Waals surface area contributed by atoms with Crippen LogP contribution >= 0.6 is 0 Å². The Kier molecular flexibility index (Phi) is 5.06. The monoisotopic (exact) mass is 419 g/mol. The molecule has 1 N–H and O–H groups in total. The van der Waals surface area contributed by atoms with Crippen LogP contribution in [0.15, 0.2) is 59.4 Å². The number of Topliss-reactive ketones (excluding diaryl/α,β-unsaturated/α-hetero) is 1. The first-order valence-corrected chi connectivity index (χ1v) is 9.69. The molecule has 8 heteroatoms. The maximum atomic E-state index is 13.0. The minimum Gasteiger partial charge on any atom is -0.454 e. The van der Waals surface area contributed by atoms with Crippen molar-refractivity contribution in [2.24, 2.45) is 0 Å². The average molecular weight is 419 g/mol. The van der Waals surface area contributed by atoms with Crippen molar-refractivity contribution in [2.45, 2.75) is 26.3 Å². The molecule has 0 saturated heterocycles. The largest absolute Gasteiger partial charge is 0.454 e. The number of rotatable bonds is 5. The number of carbonyl (C=O) groups excluding carboxylic acids is 2. The van der Waals surface area contributed by atoms with Crippen molar-refractivity contribution in [3.05, 3.63) is 70.5 Å². The first-order valence-electron chi connectivity index (χ1n) is 9.69. The average Bonchev–Trinajstić information content (AvgIpc) is 3.22. The standard InChI is InChI=1S/C23H21N3O5/c1-14(27)15-5-4-6-17(11-15)24-22(29)23(2,3)26-21(28)10-8-18(25-26)16-7-9-19-20(12-16)31-13-30-19/h4-12H,13H2,1-3H3,(H,24,29). The van der Waals surface area contributed by atoms with E-state index < -0.39 is 17.0 Å². The van der Waals surface area contributed by atoms with Crippen molar-refractivity contribution >= 4 is 17.4 Å². The normalized spacial score (nSPS) is 12.5. The number of anilines is 1. The van der Waals surface area contributed by atoms with E-state index in [9.17, 15) is 14.4 Å². The van der Waals surface area contributed by atoms with E-state index in [0.717, 1.165) is 10.2 Å². The van der Waals surface area contributed by atoms with E-state index in [4.69, 9.17) is 9.47 Å². The first kappa shape index (κ1) is 20.3. The van der Waals surface area contributed by atoms with Gasteiger partial charge in [0.15, 0.2) is 17.3 Å². The Morgan fingerprint density at radius 2 is 1.81 bits per heavy atom. The number of ketones is 1. The summed E-state index contributed by atoms with van der Waals surface area (Å²) in [5, 5.41) is 7.21. The molecule has 8 nitrogen and oxygen atoms in total. The lowest BCUT2D eigenvalue weighted by Crippen LogP contribution is -2.47. The summed E-state index contributed by atoms with van der Waals surface area (Å²) in [6.07, 6.45) is 0. The smallest absolute Gasteiger partial charge is 0.267 e. The van der Waals surface area contributed by atoms with Crippen LogP contribution in [0.25, 0.3) is 11.3 Å². The van der Waals surface area contributed by atoms with Crippen LogP contribution in [0, 0.1) is 0 Å². The fourth-order valence-electron chi connectivity index (χ4n) is 3.22. The van der Waals surface area contributed by atoms with Gasteiger partial charge in [-0.2, -0.15) is 5.10 Å². The highest BCUT2D eigenvalue weighted by molar-refractivity contribution is 5.99. The molecule has 4 rings (SSSR count). The van der Waals surface area contributed by atoms with Gasteiger partial charge < -0.3 is 14.8 Å². The van der Waals surface area contributed by atoms with E-state index >= 15 is 0 Å². The van der Waals surface area contributed by atoms with Crippen molar-refractivity contribution < 1.29 is 19.1 Å². The van der Waals surface area contributed by atoms with Gasteiger partial charge in [-0.3, -0.25) is 14.4 Å². The van der Waals surface area contributed by atoms with Crippen LogP contribution in [0.3, 0.4) is 0 Å². The first-order chi connectivity index (χ1) is 14.8. The fourth-order valence-corrected chi connectivity index (χ4v) is 3.22. The van der Waals surface area contributed by atoms with Gasteiger partial charge in [0, 0.05) is 22.9 Å². The number of benzene rings is 2. The van der Waals surface area contributed by atoms with Crippen molar-refractivity contribution in [2.75, 3.05) is 12.1 Å². The molecule has 31 heavy (non-hydrogen) atoms. The zero-order chi connectivity index (χ0) is 22.2. The molecule has 3 aromatic rings. The Morgan fingerprint density at radius 1 is 1.03 bits per heavy atom. The van der Waals surface area contributed by atoms with Gasteiger partial charge >= 0.3 is 0 Å². The van der Waals surface area contributed by atoms with E-state index in [0.29, 0.717) is 28.4 Å². The van der Waals surface area contributed by atoms with Gasteiger partial charge in [-0.05, 0) is 57.2 Å². The molecule has 0 spiro atoms. The van der Waals surface area contributed by atoms with Gasteiger partial charge in [0.25, 0.3) is 11.5 Å². The summed E-state index contributed by atoms with van der Waals surface area (Å²) in [6, 6.07) is 15.0. The van der Waals surface area contributed by atoms with Crippen LogP contribution < -0.4 is 20.3 Å². The van der Waals surface area contributed by atoms with Crippen LogP contribution in [0.1, 0.15) is 31.1 Å². The lowest BCUT2D eigenvalue weighted by Gasteiger charge is -2.25. The number of nitrogens with one attached hydrogen (secondary N) is 1. The van der Waals surface area contributed by atoms with Gasteiger partial charge in [-0.1, -0.05) is 12.1 Å². The quantitative estimate of drug-likeness (QED) is 0.638. The van der Waals surface area contributed by atoms with Crippen LogP contribution in [0.2, 0.25) is 0 Å². The van der Waals surface area contributed by atoms with Crippen molar-refractivity contribution in [1.29, 1.82) is 0 Å². The van der Waals surface area contributed by atoms with Crippen molar-refractivity contribution in [3.63, 3.8) is 0 Å². The summed E-state index contributed by atoms with van der Waals surface area (Å²) in [6.45, 7) is 4.82. The molecule has 1 aliphatic heterocycles. The third-order valence-electron chi connectivity index (χ3n) is 5.08. The molecule has 1 amide bonds. The topological polar surface area (TPSA) is 99.5 Å². The Hall–Kier alpha value is -3.94. The maximum absolute atomic E-state index is 13.0. The number of nitrogens with zero attached hydrogens (tertiary/aromatic N) is 2. The van der Waals surface area contributed by atoms with Gasteiger partial charge in [0.2, 0.25) is 6.79 Å². The minimum absolute atomic E-state index is 0.107. The molecule has 1 aromatic heterocycles. The summed E-state index contributed by atoms with van der Waals surface area (Å²) in [5.41, 5.74) is 0.472. The molecule has 2 aromatic carbocycles. The van der Waals surface area contributed by atoms with Crippen LogP contribution in [0.4, 0.5) is 5.69 Å². The number of hydrogen-bond acceptors (Lipinski definition) is 6. The molecule has 2 heterocycles. The van der Waals surface area contributed by atoms with E-state index in [1.54, 1.807) is 56.3 Å². The second-order valence-corrected chi connectivity index (χ2v) is 7.69. The zero-order valence-corrected chi connectivity index (χ0v) is 17.3. The minimum atomic E-state index is -1.30. The zero-order valence-electron chi connectivity index (χ0n) is 17.3. The second kappa shape index (κ2) is 7.71. The molecule has 158 valence electrons. The predicted octanol–water partition coefficient (Wildman–Crippen LogP) is 3.22. The van der Waals surface area contributed by atoms with Crippen LogP contribution in [-0.2, 0) is 10.3 Å². The van der Waals surface area contributed by atoms with E-state index in [1.807, 2.05) is 6.07 Å². The molecule has 0 atom stereocenters. The molecule has 0 bridgehead atoms. The number of aromatic nitrogens is 2.